The number of carbonyl (C=O) groups excluding carboxylic acids is 4. The van der Waals surface area contributed by atoms with E-state index in [2.05, 4.69) is 10.0 Å². The average Bonchev–Trinajstić information content (AvgIpc) is 3.41. The lowest BCUT2D eigenvalue weighted by Crippen LogP contribution is -2.59. The lowest BCUT2D eigenvalue weighted by molar-refractivity contribution is -0.142. The molecule has 0 bridgehead atoms. The zero-order chi connectivity index (χ0) is 32.3. The molecule has 0 spiro atoms. The fraction of sp³-hybridized carbons (Fsp3) is 0.600. The highest BCUT2D eigenvalue weighted by molar-refractivity contribution is 7.94. The molecule has 5 amide bonds. The second-order valence-electron chi connectivity index (χ2n) is 12.5. The smallest absolute Gasteiger partial charge is 0.419 e. The lowest BCUT2D eigenvalue weighted by atomic mass is 10.0. The maximum absolute atomic E-state index is 14.0. The Bertz CT molecular complexity index is 1410. The number of imide groups is 1. The number of hydrogen-bond acceptors (Lipinski definition) is 8. The summed E-state index contributed by atoms with van der Waals surface area (Å²) in [5, 5.41) is 2.78. The van der Waals surface area contributed by atoms with Gasteiger partial charge in [0.2, 0.25) is 11.8 Å². The highest BCUT2D eigenvalue weighted by Crippen LogP contribution is 2.50. The number of benzene rings is 1. The topological polar surface area (TPSA) is 177 Å². The molecular weight excluding hydrogens is 590 g/mol. The molecule has 1 saturated heterocycles. The van der Waals surface area contributed by atoms with E-state index in [9.17, 15) is 27.6 Å². The molecule has 1 aliphatic carbocycles. The van der Waals surface area contributed by atoms with Gasteiger partial charge in [-0.1, -0.05) is 37.1 Å². The molecule has 4 N–H and O–H groups in total. The Morgan fingerprint density at radius 2 is 1.84 bits per heavy atom. The third-order valence-electron chi connectivity index (χ3n) is 8.11. The van der Waals surface area contributed by atoms with Gasteiger partial charge < -0.3 is 25.4 Å². The van der Waals surface area contributed by atoms with Gasteiger partial charge in [-0.2, -0.15) is 0 Å². The van der Waals surface area contributed by atoms with Crippen LogP contribution in [0.4, 0.5) is 15.3 Å². The molecule has 13 nitrogen and oxygen atoms in total. The first-order valence-electron chi connectivity index (χ1n) is 15.0. The number of amides is 5. The van der Waals surface area contributed by atoms with Gasteiger partial charge in [0.05, 0.1) is 12.8 Å². The van der Waals surface area contributed by atoms with E-state index in [1.54, 1.807) is 45.0 Å². The van der Waals surface area contributed by atoms with E-state index in [4.69, 9.17) is 15.2 Å². The minimum atomic E-state index is -4.19. The number of fused-ring (bicyclic) bond motifs is 2. The number of hydrogen-bond donors (Lipinski definition) is 3. The Hall–Kier alpha value is -3.81. The minimum absolute atomic E-state index is 0.138. The SMILES string of the molecule is COc1ccccc1NS(=O)(=O)C12CC1/C=C\CCCCCC(N(C(N)=O)C(=O)OC(C)(C)C)C(=O)N1CCCC1C(=O)N2. The number of methoxy groups -OCH3 is 1. The maximum atomic E-state index is 14.0. The van der Waals surface area contributed by atoms with Crippen molar-refractivity contribution >= 4 is 39.6 Å². The number of nitrogens with one attached hydrogen (secondary N) is 2. The number of primary amides is 1. The standard InChI is InChI=1S/C30H43N5O8S/c1-29(2,3)43-28(39)35(27(31)38)23-15-9-7-5-6-8-13-20-19-30(20,32-25(36)22-16-12-18-34(22)26(23)37)44(40,41)33-21-14-10-11-17-24(21)42-4/h8,10-11,13-14,17,20,22-23,33H,5-7,9,12,15-16,18-19H2,1-4H3,(H2,31,38)(H,32,36)/b13-8-. The van der Waals surface area contributed by atoms with Gasteiger partial charge in [-0.25, -0.2) is 22.9 Å². The van der Waals surface area contributed by atoms with Gasteiger partial charge in [0.25, 0.3) is 10.0 Å². The highest BCUT2D eigenvalue weighted by Gasteiger charge is 2.65. The van der Waals surface area contributed by atoms with Crippen molar-refractivity contribution in [3.63, 3.8) is 0 Å². The van der Waals surface area contributed by atoms with E-state index in [-0.39, 0.29) is 31.5 Å². The molecular formula is C30H43N5O8S. The van der Waals surface area contributed by atoms with Crippen molar-refractivity contribution in [2.45, 2.75) is 94.7 Å². The fourth-order valence-corrected chi connectivity index (χ4v) is 7.60. The zero-order valence-electron chi connectivity index (χ0n) is 25.7. The summed E-state index contributed by atoms with van der Waals surface area (Å²) in [4.78, 5) is 53.8. The van der Waals surface area contributed by atoms with Crippen LogP contribution in [0.25, 0.3) is 0 Å². The van der Waals surface area contributed by atoms with E-state index >= 15 is 0 Å². The van der Waals surface area contributed by atoms with Gasteiger partial charge in [-0.3, -0.25) is 14.3 Å². The third-order valence-corrected chi connectivity index (χ3v) is 10.1. The molecule has 1 aromatic rings. The zero-order valence-corrected chi connectivity index (χ0v) is 26.5. The number of ether oxygens (including phenoxy) is 2. The number of urea groups is 1. The van der Waals surface area contributed by atoms with Crippen LogP contribution in [0.5, 0.6) is 5.75 Å². The summed E-state index contributed by atoms with van der Waals surface area (Å²) in [6, 6.07) is 3.16. The van der Waals surface area contributed by atoms with Crippen LogP contribution in [0.15, 0.2) is 36.4 Å². The molecule has 1 saturated carbocycles. The molecule has 0 aromatic heterocycles. The van der Waals surface area contributed by atoms with Crippen molar-refractivity contribution in [3.05, 3.63) is 36.4 Å². The Labute approximate surface area is 258 Å². The van der Waals surface area contributed by atoms with Crippen LogP contribution in [0.3, 0.4) is 0 Å². The van der Waals surface area contributed by atoms with Crippen LogP contribution in [0, 0.1) is 5.92 Å². The predicted molar refractivity (Wildman–Crippen MR) is 163 cm³/mol. The van der Waals surface area contributed by atoms with Gasteiger partial charge in [0.15, 0.2) is 4.87 Å². The van der Waals surface area contributed by atoms with Crippen molar-refractivity contribution in [2.75, 3.05) is 18.4 Å². The molecule has 44 heavy (non-hydrogen) atoms. The summed E-state index contributed by atoms with van der Waals surface area (Å²) in [6.45, 7) is 5.09. The van der Waals surface area contributed by atoms with E-state index in [1.165, 1.54) is 12.0 Å². The molecule has 2 fully saturated rings. The Kier molecular flexibility index (Phi) is 9.81. The van der Waals surface area contributed by atoms with E-state index in [0.29, 0.717) is 36.3 Å². The number of rotatable bonds is 5. The van der Waals surface area contributed by atoms with E-state index in [1.807, 2.05) is 12.2 Å². The number of nitrogens with two attached hydrogens (primary N) is 1. The number of anilines is 1. The molecule has 3 aliphatic rings. The van der Waals surface area contributed by atoms with Crippen LogP contribution in [-0.2, 0) is 24.3 Å². The van der Waals surface area contributed by atoms with E-state index in [0.717, 1.165) is 6.42 Å². The minimum Gasteiger partial charge on any atom is -0.495 e. The van der Waals surface area contributed by atoms with Crippen molar-refractivity contribution in [1.29, 1.82) is 0 Å². The normalized spacial score (nSPS) is 27.0. The molecule has 242 valence electrons. The molecule has 2 heterocycles. The molecule has 4 unspecified atom stereocenters. The number of carbonyl (C=O) groups is 4. The highest BCUT2D eigenvalue weighted by atomic mass is 32.2. The largest absolute Gasteiger partial charge is 0.495 e. The van der Waals surface area contributed by atoms with Gasteiger partial charge in [0.1, 0.15) is 23.4 Å². The second-order valence-corrected chi connectivity index (χ2v) is 14.4. The van der Waals surface area contributed by atoms with E-state index < -0.39 is 62.4 Å². The molecule has 1 aromatic carbocycles. The van der Waals surface area contributed by atoms with Crippen LogP contribution in [0.1, 0.15) is 72.1 Å². The molecule has 14 heteroatoms. The van der Waals surface area contributed by atoms with Crippen molar-refractivity contribution < 1.29 is 37.1 Å². The van der Waals surface area contributed by atoms with Crippen molar-refractivity contribution in [1.82, 2.24) is 15.1 Å². The maximum Gasteiger partial charge on any atom is 0.419 e. The number of allylic oxidation sites excluding steroid dienone is 1. The molecule has 4 atom stereocenters. The quantitative estimate of drug-likeness (QED) is 0.413. The van der Waals surface area contributed by atoms with Gasteiger partial charge in [0, 0.05) is 12.5 Å². The lowest BCUT2D eigenvalue weighted by Gasteiger charge is -2.34. The summed E-state index contributed by atoms with van der Waals surface area (Å²) < 4.78 is 41.1. The predicted octanol–water partition coefficient (Wildman–Crippen LogP) is 3.47. The second kappa shape index (κ2) is 13.0. The monoisotopic (exact) mass is 633 g/mol. The fourth-order valence-electron chi connectivity index (χ4n) is 5.84. The first-order chi connectivity index (χ1) is 20.7. The Morgan fingerprint density at radius 1 is 1.11 bits per heavy atom. The van der Waals surface area contributed by atoms with Crippen molar-refractivity contribution in [2.24, 2.45) is 11.7 Å². The summed E-state index contributed by atoms with van der Waals surface area (Å²) in [5.41, 5.74) is 4.90. The van der Waals surface area contributed by atoms with Crippen LogP contribution < -0.4 is 20.5 Å². The van der Waals surface area contributed by atoms with Crippen LogP contribution >= 0.6 is 0 Å². The number of sulfonamides is 1. The summed E-state index contributed by atoms with van der Waals surface area (Å²) in [5.74, 6) is -1.41. The Morgan fingerprint density at radius 3 is 2.52 bits per heavy atom. The summed E-state index contributed by atoms with van der Waals surface area (Å²) in [7, 11) is -2.76. The average molecular weight is 634 g/mol. The number of nitrogens with zero attached hydrogens (tertiary/aromatic N) is 2. The number of para-hydroxylation sites is 2. The van der Waals surface area contributed by atoms with Crippen LogP contribution in [-0.4, -0.2) is 78.4 Å². The Balaban J connectivity index is 1.66. The van der Waals surface area contributed by atoms with Crippen LogP contribution in [0.2, 0.25) is 0 Å². The van der Waals surface area contributed by atoms with Crippen molar-refractivity contribution in [3.8, 4) is 5.75 Å². The van der Waals surface area contributed by atoms with Gasteiger partial charge >= 0.3 is 12.1 Å². The molecule has 0 radical (unpaired) electrons. The molecule has 4 rings (SSSR count). The summed E-state index contributed by atoms with van der Waals surface area (Å²) in [6.07, 6.45) is 6.27. The summed E-state index contributed by atoms with van der Waals surface area (Å²) >= 11 is 0. The van der Waals surface area contributed by atoms with Gasteiger partial charge in [-0.05, 0) is 71.4 Å². The third kappa shape index (κ3) is 7.11. The molecule has 2 aliphatic heterocycles. The first-order valence-corrected chi connectivity index (χ1v) is 16.5. The first kappa shape index (κ1) is 33.1. The van der Waals surface area contributed by atoms with Gasteiger partial charge in [-0.15, -0.1) is 0 Å².